The van der Waals surface area contributed by atoms with E-state index in [1.165, 1.54) is 47.1 Å². The molecule has 4 nitrogen and oxygen atoms in total. The maximum Gasteiger partial charge on any atom is 0.226 e. The van der Waals surface area contributed by atoms with Gasteiger partial charge in [-0.05, 0) is 55.0 Å². The van der Waals surface area contributed by atoms with Gasteiger partial charge < -0.3 is 14.3 Å². The number of anilines is 1. The second-order valence-electron chi connectivity index (χ2n) is 9.96. The van der Waals surface area contributed by atoms with Gasteiger partial charge in [0.05, 0.1) is 5.69 Å². The van der Waals surface area contributed by atoms with Crippen LogP contribution in [0.3, 0.4) is 0 Å². The van der Waals surface area contributed by atoms with Crippen molar-refractivity contribution >= 4 is 16.6 Å². The first-order valence-corrected chi connectivity index (χ1v) is 13.3. The molecule has 4 heteroatoms. The zero-order chi connectivity index (χ0) is 25.0. The van der Waals surface area contributed by atoms with Crippen molar-refractivity contribution in [2.45, 2.75) is 73.1 Å². The molecule has 186 valence electrons. The van der Waals surface area contributed by atoms with E-state index in [0.29, 0.717) is 11.3 Å². The summed E-state index contributed by atoms with van der Waals surface area (Å²) in [6, 6.07) is 17.0. The molecular weight excluding hydrogens is 430 g/mol. The van der Waals surface area contributed by atoms with E-state index in [2.05, 4.69) is 62.8 Å². The largest absolute Gasteiger partial charge is 0.441 e. The number of nitrogens with zero attached hydrogens (tertiary/aromatic N) is 2. The van der Waals surface area contributed by atoms with E-state index in [-0.39, 0.29) is 0 Å². The summed E-state index contributed by atoms with van der Waals surface area (Å²) in [5.41, 5.74) is 7.83. The lowest BCUT2D eigenvalue weighted by Crippen LogP contribution is -2.21. The van der Waals surface area contributed by atoms with Gasteiger partial charge in [-0.25, -0.2) is 4.98 Å². The number of H-pyrrole nitrogens is 1. The number of fused-ring (bicyclic) bond motifs is 1. The first-order chi connectivity index (χ1) is 16.9. The fraction of sp³-hybridized carbons (Fsp3) is 0.452. The van der Waals surface area contributed by atoms with E-state index in [1.54, 1.807) is 0 Å². The SMILES string of the molecule is CCc1c(CC(CC)(CC)CC)[nH]c2cc(N(C)CCc3nc(-c4ccccc4)oc3C)ccc12. The van der Waals surface area contributed by atoms with Gasteiger partial charge >= 0.3 is 0 Å². The Labute approximate surface area is 210 Å². The molecule has 35 heavy (non-hydrogen) atoms. The maximum atomic E-state index is 5.96. The highest BCUT2D eigenvalue weighted by atomic mass is 16.4. The molecule has 1 N–H and O–H groups in total. The predicted octanol–water partition coefficient (Wildman–Crippen LogP) is 8.13. The molecule has 4 rings (SSSR count). The van der Waals surface area contributed by atoms with E-state index < -0.39 is 0 Å². The summed E-state index contributed by atoms with van der Waals surface area (Å²) in [6.45, 7) is 12.2. The van der Waals surface area contributed by atoms with Crippen molar-refractivity contribution in [3.8, 4) is 11.5 Å². The number of aromatic nitrogens is 2. The molecule has 0 fully saturated rings. The quantitative estimate of drug-likeness (QED) is 0.240. The molecule has 0 saturated heterocycles. The number of hydrogen-bond donors (Lipinski definition) is 1. The van der Waals surface area contributed by atoms with Crippen LogP contribution in [0.25, 0.3) is 22.4 Å². The van der Waals surface area contributed by atoms with Crippen LogP contribution in [-0.2, 0) is 19.3 Å². The summed E-state index contributed by atoms with van der Waals surface area (Å²) in [5, 5.41) is 1.37. The molecule has 0 amide bonds. The van der Waals surface area contributed by atoms with Crippen LogP contribution in [0.5, 0.6) is 0 Å². The number of hydrogen-bond acceptors (Lipinski definition) is 3. The van der Waals surface area contributed by atoms with Gasteiger partial charge in [0.15, 0.2) is 0 Å². The Morgan fingerprint density at radius 3 is 2.34 bits per heavy atom. The zero-order valence-electron chi connectivity index (χ0n) is 22.4. The minimum Gasteiger partial charge on any atom is -0.441 e. The number of aromatic amines is 1. The summed E-state index contributed by atoms with van der Waals surface area (Å²) < 4.78 is 5.96. The van der Waals surface area contributed by atoms with E-state index in [9.17, 15) is 0 Å². The van der Waals surface area contributed by atoms with Gasteiger partial charge in [-0.3, -0.25) is 0 Å². The Morgan fingerprint density at radius 2 is 1.69 bits per heavy atom. The molecule has 2 aromatic carbocycles. The number of oxazole rings is 1. The van der Waals surface area contributed by atoms with Gasteiger partial charge in [-0.2, -0.15) is 0 Å². The Bertz CT molecular complexity index is 1240. The van der Waals surface area contributed by atoms with Crippen molar-refractivity contribution < 1.29 is 4.42 Å². The van der Waals surface area contributed by atoms with E-state index in [1.807, 2.05) is 37.3 Å². The van der Waals surface area contributed by atoms with E-state index >= 15 is 0 Å². The Hall–Kier alpha value is -3.01. The van der Waals surface area contributed by atoms with Crippen molar-refractivity contribution in [3.05, 3.63) is 71.2 Å². The van der Waals surface area contributed by atoms with E-state index in [0.717, 1.165) is 42.8 Å². The topological polar surface area (TPSA) is 45.1 Å². The third-order valence-electron chi connectivity index (χ3n) is 8.17. The molecule has 4 aromatic rings. The minimum absolute atomic E-state index is 0.387. The molecule has 0 aliphatic heterocycles. The van der Waals surface area contributed by atoms with Crippen molar-refractivity contribution in [2.24, 2.45) is 5.41 Å². The van der Waals surface area contributed by atoms with Gasteiger partial charge in [0.2, 0.25) is 5.89 Å². The van der Waals surface area contributed by atoms with Gasteiger partial charge in [0, 0.05) is 47.9 Å². The minimum atomic E-state index is 0.387. The lowest BCUT2D eigenvalue weighted by molar-refractivity contribution is 0.246. The fourth-order valence-electron chi connectivity index (χ4n) is 5.36. The molecule has 0 spiro atoms. The average molecular weight is 472 g/mol. The van der Waals surface area contributed by atoms with Crippen LogP contribution in [0.1, 0.15) is 69.7 Å². The first-order valence-electron chi connectivity index (χ1n) is 13.3. The monoisotopic (exact) mass is 471 g/mol. The first kappa shape index (κ1) is 25.1. The molecule has 0 radical (unpaired) electrons. The normalized spacial score (nSPS) is 11.9. The summed E-state index contributed by atoms with van der Waals surface area (Å²) >= 11 is 0. The van der Waals surface area contributed by atoms with Gasteiger partial charge in [0.25, 0.3) is 0 Å². The second kappa shape index (κ2) is 10.7. The van der Waals surface area contributed by atoms with Crippen LogP contribution in [0, 0.1) is 12.3 Å². The summed E-state index contributed by atoms with van der Waals surface area (Å²) in [6.07, 6.45) is 6.71. The molecule has 0 bridgehead atoms. The van der Waals surface area contributed by atoms with Gasteiger partial charge in [-0.15, -0.1) is 0 Å². The summed E-state index contributed by atoms with van der Waals surface area (Å²) in [5.74, 6) is 1.61. The molecule has 2 aromatic heterocycles. The van der Waals surface area contributed by atoms with Gasteiger partial charge in [0.1, 0.15) is 5.76 Å². The highest BCUT2D eigenvalue weighted by Crippen LogP contribution is 2.37. The third-order valence-corrected chi connectivity index (χ3v) is 8.17. The number of nitrogens with one attached hydrogen (secondary N) is 1. The van der Waals surface area contributed by atoms with Crippen molar-refractivity contribution in [3.63, 3.8) is 0 Å². The van der Waals surface area contributed by atoms with Crippen molar-refractivity contribution in [1.82, 2.24) is 9.97 Å². The zero-order valence-corrected chi connectivity index (χ0v) is 22.4. The molecular formula is C31H41N3O. The number of rotatable bonds is 11. The summed E-state index contributed by atoms with van der Waals surface area (Å²) in [7, 11) is 2.16. The van der Waals surface area contributed by atoms with Crippen molar-refractivity contribution in [2.75, 3.05) is 18.5 Å². The average Bonchev–Trinajstić information content (AvgIpc) is 3.44. The molecule has 0 aliphatic carbocycles. The standard InChI is InChI=1S/C31H41N3O/c1-7-25-26-17-16-24(20-28(26)32-29(25)21-31(8-2,9-3)10-4)34(6)19-18-27-22(5)35-30(33-27)23-14-12-11-13-15-23/h11-17,20,32H,7-10,18-19,21H2,1-6H3. The van der Waals surface area contributed by atoms with Crippen LogP contribution in [0.15, 0.2) is 52.9 Å². The van der Waals surface area contributed by atoms with Gasteiger partial charge in [-0.1, -0.05) is 71.2 Å². The smallest absolute Gasteiger partial charge is 0.226 e. The Morgan fingerprint density at radius 1 is 0.971 bits per heavy atom. The third kappa shape index (κ3) is 5.17. The highest BCUT2D eigenvalue weighted by Gasteiger charge is 2.26. The Kier molecular flexibility index (Phi) is 7.69. The lowest BCUT2D eigenvalue weighted by Gasteiger charge is -2.30. The molecule has 0 atom stereocenters. The van der Waals surface area contributed by atoms with Crippen LogP contribution >= 0.6 is 0 Å². The van der Waals surface area contributed by atoms with Crippen LogP contribution in [0.4, 0.5) is 5.69 Å². The van der Waals surface area contributed by atoms with Crippen molar-refractivity contribution in [1.29, 1.82) is 0 Å². The molecule has 0 aliphatic rings. The number of benzene rings is 2. The number of aryl methyl sites for hydroxylation is 2. The Balaban J connectivity index is 1.52. The van der Waals surface area contributed by atoms with Crippen LogP contribution in [0.2, 0.25) is 0 Å². The molecule has 0 saturated carbocycles. The molecule has 2 heterocycles. The maximum absolute atomic E-state index is 5.96. The highest BCUT2D eigenvalue weighted by molar-refractivity contribution is 5.87. The second-order valence-corrected chi connectivity index (χ2v) is 9.96. The molecule has 0 unspecified atom stereocenters. The van der Waals surface area contributed by atoms with Crippen LogP contribution < -0.4 is 4.90 Å². The van der Waals surface area contributed by atoms with E-state index in [4.69, 9.17) is 9.40 Å². The number of likely N-dealkylation sites (N-methyl/N-ethyl adjacent to an activating group) is 1. The van der Waals surface area contributed by atoms with Crippen LogP contribution in [-0.4, -0.2) is 23.6 Å². The lowest BCUT2D eigenvalue weighted by atomic mass is 9.75. The fourth-order valence-corrected chi connectivity index (χ4v) is 5.36. The summed E-state index contributed by atoms with van der Waals surface area (Å²) in [4.78, 5) is 10.9. The predicted molar refractivity (Wildman–Crippen MR) is 148 cm³/mol.